The molecule has 0 aromatic carbocycles. The van der Waals surface area contributed by atoms with Crippen molar-refractivity contribution in [2.75, 3.05) is 19.8 Å². The van der Waals surface area contributed by atoms with Crippen LogP contribution in [-0.2, 0) is 33.3 Å². The molecule has 0 N–H and O–H groups in total. The zero-order valence-corrected chi connectivity index (χ0v) is 30.0. The van der Waals surface area contributed by atoms with Crippen LogP contribution in [0.4, 0.5) is 0 Å². The first-order valence-corrected chi connectivity index (χ1v) is 19.0. The van der Waals surface area contributed by atoms with Crippen molar-refractivity contribution in [3.05, 3.63) is 0 Å². The van der Waals surface area contributed by atoms with Gasteiger partial charge in [-0.05, 0) is 26.7 Å². The van der Waals surface area contributed by atoms with Crippen molar-refractivity contribution in [2.24, 2.45) is 0 Å². The van der Waals surface area contributed by atoms with Gasteiger partial charge < -0.3 is 18.9 Å². The molecule has 0 aromatic rings. The molecule has 0 spiro atoms. The van der Waals surface area contributed by atoms with Crippen LogP contribution in [0, 0.1) is 0 Å². The molecular weight excluding hydrogens is 568 g/mol. The van der Waals surface area contributed by atoms with E-state index in [1.807, 2.05) is 13.8 Å². The van der Waals surface area contributed by atoms with Crippen LogP contribution >= 0.6 is 0 Å². The van der Waals surface area contributed by atoms with Crippen molar-refractivity contribution in [2.45, 2.75) is 207 Å². The Bertz CT molecular complexity index is 679. The first-order chi connectivity index (χ1) is 21.9. The third-order valence-corrected chi connectivity index (χ3v) is 8.16. The summed E-state index contributed by atoms with van der Waals surface area (Å²) in [5.74, 6) is -1.19. The number of rotatable bonds is 34. The normalized spacial score (nSPS) is 11.9. The third kappa shape index (κ3) is 33.5. The van der Waals surface area contributed by atoms with Crippen LogP contribution in [0.25, 0.3) is 0 Å². The van der Waals surface area contributed by atoms with Gasteiger partial charge in [0, 0.05) is 12.8 Å². The van der Waals surface area contributed by atoms with E-state index in [4.69, 9.17) is 18.9 Å². The van der Waals surface area contributed by atoms with Gasteiger partial charge in [0.25, 0.3) is 0 Å². The minimum Gasteiger partial charge on any atom is -0.462 e. The predicted molar refractivity (Wildman–Crippen MR) is 184 cm³/mol. The van der Waals surface area contributed by atoms with E-state index in [0.29, 0.717) is 12.8 Å². The van der Waals surface area contributed by atoms with Crippen LogP contribution < -0.4 is 0 Å². The van der Waals surface area contributed by atoms with Gasteiger partial charge in [0.1, 0.15) is 19.8 Å². The average Bonchev–Trinajstić information content (AvgIpc) is 3.02. The molecule has 0 rings (SSSR count). The molecule has 0 aromatic heterocycles. The van der Waals surface area contributed by atoms with E-state index in [-0.39, 0.29) is 37.9 Å². The van der Waals surface area contributed by atoms with Gasteiger partial charge in [-0.25, -0.2) is 4.79 Å². The maximum Gasteiger partial charge on any atom is 0.332 e. The van der Waals surface area contributed by atoms with Crippen LogP contribution in [0.2, 0.25) is 0 Å². The lowest BCUT2D eigenvalue weighted by molar-refractivity contribution is -0.168. The quantitative estimate of drug-likeness (QED) is 0.0393. The molecule has 45 heavy (non-hydrogen) atoms. The Morgan fingerprint density at radius 1 is 0.444 bits per heavy atom. The monoisotopic (exact) mass is 641 g/mol. The minimum absolute atomic E-state index is 0.0944. The van der Waals surface area contributed by atoms with E-state index >= 15 is 0 Å². The van der Waals surface area contributed by atoms with Gasteiger partial charge in [-0.3, -0.25) is 9.59 Å². The van der Waals surface area contributed by atoms with E-state index in [0.717, 1.165) is 38.5 Å². The molecule has 7 heteroatoms. The van der Waals surface area contributed by atoms with Crippen molar-refractivity contribution >= 4 is 17.9 Å². The first kappa shape index (κ1) is 43.4. The summed E-state index contributed by atoms with van der Waals surface area (Å²) in [6.45, 7) is 7.73. The number of esters is 3. The lowest BCUT2D eigenvalue weighted by Gasteiger charge is -2.18. The van der Waals surface area contributed by atoms with Gasteiger partial charge in [-0.15, -0.1) is 0 Å². The van der Waals surface area contributed by atoms with Gasteiger partial charge >= 0.3 is 17.9 Å². The summed E-state index contributed by atoms with van der Waals surface area (Å²) in [6, 6.07) is 0. The van der Waals surface area contributed by atoms with Crippen LogP contribution in [0.3, 0.4) is 0 Å². The number of unbranched alkanes of at least 4 members (excludes halogenated alkanes) is 22. The zero-order valence-electron chi connectivity index (χ0n) is 30.0. The molecular formula is C38H72O7. The highest BCUT2D eigenvalue weighted by molar-refractivity contribution is 5.71. The van der Waals surface area contributed by atoms with Gasteiger partial charge in [-0.2, -0.15) is 0 Å². The van der Waals surface area contributed by atoms with E-state index in [9.17, 15) is 14.4 Å². The van der Waals surface area contributed by atoms with Crippen LogP contribution in [0.15, 0.2) is 0 Å². The maximum atomic E-state index is 12.5. The number of carbonyl (C=O) groups is 3. The average molecular weight is 641 g/mol. The Kier molecular flexibility index (Phi) is 32.5. The number of ether oxygens (including phenoxy) is 4. The summed E-state index contributed by atoms with van der Waals surface area (Å²) in [7, 11) is 0. The molecule has 0 saturated heterocycles. The summed E-state index contributed by atoms with van der Waals surface area (Å²) in [6.07, 6.45) is 29.3. The molecule has 0 aliphatic heterocycles. The summed E-state index contributed by atoms with van der Waals surface area (Å²) in [5.41, 5.74) is 0. The molecule has 0 aliphatic rings. The van der Waals surface area contributed by atoms with E-state index in [2.05, 4.69) is 13.8 Å². The Morgan fingerprint density at radius 3 is 1.16 bits per heavy atom. The van der Waals surface area contributed by atoms with Crippen molar-refractivity contribution in [3.63, 3.8) is 0 Å². The standard InChI is InChI=1S/C38H72O7/c1-5-7-9-11-13-15-17-19-21-23-25-27-29-36(39)43-31-35(32-44-38(41)33-42-34(3)4)45-37(40)30-28-26-24-22-20-18-16-14-12-10-8-6-2/h34-35H,5-33H2,1-4H3. The zero-order chi connectivity index (χ0) is 33.2. The van der Waals surface area contributed by atoms with Gasteiger partial charge in [0.2, 0.25) is 0 Å². The van der Waals surface area contributed by atoms with Crippen molar-refractivity contribution in [3.8, 4) is 0 Å². The molecule has 266 valence electrons. The topological polar surface area (TPSA) is 88.1 Å². The van der Waals surface area contributed by atoms with Gasteiger partial charge in [-0.1, -0.05) is 155 Å². The predicted octanol–water partition coefficient (Wildman–Crippen LogP) is 10.6. The largest absolute Gasteiger partial charge is 0.462 e. The fourth-order valence-electron chi connectivity index (χ4n) is 5.30. The molecule has 0 bridgehead atoms. The van der Waals surface area contributed by atoms with E-state index in [1.54, 1.807) is 0 Å². The van der Waals surface area contributed by atoms with Crippen LogP contribution in [0.1, 0.15) is 195 Å². The molecule has 0 aliphatic carbocycles. The maximum absolute atomic E-state index is 12.5. The Labute approximate surface area is 277 Å². The second-order valence-electron chi connectivity index (χ2n) is 13.1. The van der Waals surface area contributed by atoms with Crippen LogP contribution in [0.5, 0.6) is 0 Å². The molecule has 0 radical (unpaired) electrons. The summed E-state index contributed by atoms with van der Waals surface area (Å²) >= 11 is 0. The molecule has 0 amide bonds. The number of hydrogen-bond donors (Lipinski definition) is 0. The number of carbonyl (C=O) groups excluding carboxylic acids is 3. The second-order valence-corrected chi connectivity index (χ2v) is 13.1. The Hall–Kier alpha value is -1.63. The molecule has 1 atom stereocenters. The summed E-state index contributed by atoms with van der Waals surface area (Å²) in [5, 5.41) is 0. The SMILES string of the molecule is CCCCCCCCCCCCCCC(=O)OCC(COC(=O)COC(C)C)OC(=O)CCCCCCCCCCCCCC. The minimum atomic E-state index is -0.816. The highest BCUT2D eigenvalue weighted by Crippen LogP contribution is 2.14. The number of hydrogen-bond acceptors (Lipinski definition) is 7. The van der Waals surface area contributed by atoms with Crippen molar-refractivity contribution < 1.29 is 33.3 Å². The van der Waals surface area contributed by atoms with Crippen LogP contribution in [-0.4, -0.2) is 49.9 Å². The Balaban J connectivity index is 4.17. The fourth-order valence-corrected chi connectivity index (χ4v) is 5.30. The van der Waals surface area contributed by atoms with E-state index < -0.39 is 12.1 Å². The lowest BCUT2D eigenvalue weighted by Crippen LogP contribution is -2.31. The highest BCUT2D eigenvalue weighted by Gasteiger charge is 2.19. The first-order valence-electron chi connectivity index (χ1n) is 19.0. The van der Waals surface area contributed by atoms with E-state index in [1.165, 1.54) is 116 Å². The summed E-state index contributed by atoms with van der Waals surface area (Å²) in [4.78, 5) is 36.9. The van der Waals surface area contributed by atoms with Crippen molar-refractivity contribution in [1.82, 2.24) is 0 Å². The van der Waals surface area contributed by atoms with Gasteiger partial charge in [0.05, 0.1) is 6.10 Å². The summed E-state index contributed by atoms with van der Waals surface area (Å²) < 4.78 is 21.5. The molecule has 0 heterocycles. The molecule has 1 unspecified atom stereocenters. The molecule has 0 fully saturated rings. The third-order valence-electron chi connectivity index (χ3n) is 8.16. The second kappa shape index (κ2) is 33.7. The highest BCUT2D eigenvalue weighted by atomic mass is 16.6. The molecule has 0 saturated carbocycles. The van der Waals surface area contributed by atoms with Gasteiger partial charge in [0.15, 0.2) is 6.10 Å². The Morgan fingerprint density at radius 2 is 0.778 bits per heavy atom. The molecule has 7 nitrogen and oxygen atoms in total. The lowest BCUT2D eigenvalue weighted by atomic mass is 10.0. The fraction of sp³-hybridized carbons (Fsp3) is 0.921. The smallest absolute Gasteiger partial charge is 0.332 e. The van der Waals surface area contributed by atoms with Crippen molar-refractivity contribution in [1.29, 1.82) is 0 Å².